The maximum atomic E-state index is 5.22. The van der Waals surface area contributed by atoms with E-state index in [0.717, 1.165) is 28.1 Å². The summed E-state index contributed by atoms with van der Waals surface area (Å²) in [5.41, 5.74) is 13.4. The summed E-state index contributed by atoms with van der Waals surface area (Å²) in [7, 11) is -2.84. The highest BCUT2D eigenvalue weighted by Crippen LogP contribution is 2.50. The number of aryl methyl sites for hydroxylation is 1. The van der Waals surface area contributed by atoms with Gasteiger partial charge in [0, 0.05) is 23.1 Å². The number of allylic oxidation sites excluding steroid dienone is 5. The van der Waals surface area contributed by atoms with Gasteiger partial charge >= 0.3 is 0 Å². The Morgan fingerprint density at radius 2 is 1.14 bits per heavy atom. The first-order valence-corrected chi connectivity index (χ1v) is 24.7. The number of aromatic nitrogens is 2. The number of imidazole rings is 1. The molecule has 0 saturated carbocycles. The topological polar surface area (TPSA) is 17.8 Å². The van der Waals surface area contributed by atoms with Crippen molar-refractivity contribution in [3.63, 3.8) is 0 Å². The fourth-order valence-electron chi connectivity index (χ4n) is 11.0. The van der Waals surface area contributed by atoms with Gasteiger partial charge in [0.15, 0.2) is 8.07 Å². The van der Waals surface area contributed by atoms with Gasteiger partial charge in [-0.1, -0.05) is 231 Å². The molecule has 0 radical (unpaired) electrons. The molecule has 308 valence electrons. The van der Waals surface area contributed by atoms with Crippen LogP contribution in [0.1, 0.15) is 33.7 Å². The lowest BCUT2D eigenvalue weighted by Gasteiger charge is -2.38. The van der Waals surface area contributed by atoms with Crippen molar-refractivity contribution in [1.29, 1.82) is 0 Å². The highest BCUT2D eigenvalue weighted by atomic mass is 28.3. The van der Waals surface area contributed by atoms with Gasteiger partial charge < -0.3 is 0 Å². The van der Waals surface area contributed by atoms with Crippen LogP contribution in [0.15, 0.2) is 254 Å². The molecule has 2 aliphatic carbocycles. The van der Waals surface area contributed by atoms with Gasteiger partial charge in [0.05, 0.1) is 11.0 Å². The summed E-state index contributed by atoms with van der Waals surface area (Å²) in [6.45, 7) is 2.15. The third-order valence-corrected chi connectivity index (χ3v) is 18.6. The number of para-hydroxylation sites is 1. The molecule has 0 aliphatic heterocycles. The van der Waals surface area contributed by atoms with Crippen molar-refractivity contribution >= 4 is 56.2 Å². The van der Waals surface area contributed by atoms with E-state index in [1.165, 1.54) is 70.5 Å². The number of hydrogen-bond acceptors (Lipinski definition) is 1. The zero-order valence-electron chi connectivity index (χ0n) is 36.2. The van der Waals surface area contributed by atoms with Crippen molar-refractivity contribution in [2.45, 2.75) is 12.8 Å². The molecule has 2 nitrogen and oxygen atoms in total. The SMILES string of the molecule is Cc1cccc2c1nc(-c1ccccc1)n2-c1ccc(C2=C3C=CC=CC3C(c3cccc([Si](c4ccccc4)(c4ccccc4)c4ccc5ccccc5c4)c3)c3ccccc32)cc1. The van der Waals surface area contributed by atoms with E-state index in [0.29, 0.717) is 0 Å². The fourth-order valence-corrected chi connectivity index (χ4v) is 15.8. The Labute approximate surface area is 381 Å². The normalized spacial score (nSPS) is 15.6. The van der Waals surface area contributed by atoms with Crippen molar-refractivity contribution in [1.82, 2.24) is 9.55 Å². The van der Waals surface area contributed by atoms with Crippen LogP contribution in [0, 0.1) is 12.8 Å². The van der Waals surface area contributed by atoms with Gasteiger partial charge in [-0.2, -0.15) is 0 Å². The predicted octanol–water partition coefficient (Wildman–Crippen LogP) is 12.2. The van der Waals surface area contributed by atoms with Crippen LogP contribution in [0.25, 0.3) is 44.5 Å². The Hall–Kier alpha value is -7.85. The second-order valence-corrected chi connectivity index (χ2v) is 21.3. The second-order valence-electron chi connectivity index (χ2n) is 17.5. The molecule has 1 aromatic heterocycles. The van der Waals surface area contributed by atoms with E-state index in [1.807, 2.05) is 0 Å². The van der Waals surface area contributed by atoms with Crippen LogP contribution in [0.3, 0.4) is 0 Å². The molecule has 2 atom stereocenters. The van der Waals surface area contributed by atoms with Crippen molar-refractivity contribution in [2.75, 3.05) is 0 Å². The number of fused-ring (bicyclic) bond motifs is 4. The highest BCUT2D eigenvalue weighted by molar-refractivity contribution is 7.20. The zero-order valence-corrected chi connectivity index (χ0v) is 37.2. The average molecular weight is 847 g/mol. The Balaban J connectivity index is 1.01. The molecule has 0 amide bonds. The van der Waals surface area contributed by atoms with Gasteiger partial charge in [0.2, 0.25) is 0 Å². The summed E-state index contributed by atoms with van der Waals surface area (Å²) < 4.78 is 2.31. The van der Waals surface area contributed by atoms with Crippen LogP contribution >= 0.6 is 0 Å². The monoisotopic (exact) mass is 846 g/mol. The maximum absolute atomic E-state index is 5.22. The van der Waals surface area contributed by atoms with E-state index >= 15 is 0 Å². The Bertz CT molecular complexity index is 3450. The number of rotatable bonds is 8. The van der Waals surface area contributed by atoms with Gasteiger partial charge in [0.25, 0.3) is 0 Å². The van der Waals surface area contributed by atoms with E-state index < -0.39 is 8.07 Å². The lowest BCUT2D eigenvalue weighted by Crippen LogP contribution is -2.74. The van der Waals surface area contributed by atoms with E-state index in [9.17, 15) is 0 Å². The molecule has 65 heavy (non-hydrogen) atoms. The van der Waals surface area contributed by atoms with Crippen molar-refractivity contribution in [2.24, 2.45) is 5.92 Å². The molecular weight excluding hydrogens is 801 g/mol. The predicted molar refractivity (Wildman–Crippen MR) is 275 cm³/mol. The molecule has 0 N–H and O–H groups in total. The van der Waals surface area contributed by atoms with Crippen LogP contribution in [-0.2, 0) is 0 Å². The van der Waals surface area contributed by atoms with Crippen LogP contribution in [-0.4, -0.2) is 17.6 Å². The molecule has 0 spiro atoms. The van der Waals surface area contributed by atoms with Crippen LogP contribution in [0.2, 0.25) is 0 Å². The summed E-state index contributed by atoms with van der Waals surface area (Å²) in [4.78, 5) is 5.22. The van der Waals surface area contributed by atoms with Gasteiger partial charge in [-0.3, -0.25) is 4.57 Å². The molecule has 0 saturated heterocycles. The lowest BCUT2D eigenvalue weighted by molar-refractivity contribution is 0.649. The summed E-state index contributed by atoms with van der Waals surface area (Å²) in [6.07, 6.45) is 9.27. The minimum Gasteiger partial charge on any atom is -0.292 e. The van der Waals surface area contributed by atoms with E-state index in [-0.39, 0.29) is 11.8 Å². The first-order chi connectivity index (χ1) is 32.2. The highest BCUT2D eigenvalue weighted by Gasteiger charge is 2.43. The molecule has 1 heterocycles. The van der Waals surface area contributed by atoms with Gasteiger partial charge in [-0.05, 0) is 95.6 Å². The molecule has 10 aromatic rings. The molecule has 9 aromatic carbocycles. The summed E-state index contributed by atoms with van der Waals surface area (Å²) in [5, 5.41) is 8.06. The number of nitrogens with zero attached hydrogens (tertiary/aromatic N) is 2. The first-order valence-electron chi connectivity index (χ1n) is 22.7. The smallest absolute Gasteiger partial charge is 0.179 e. The average Bonchev–Trinajstić information content (AvgIpc) is 3.78. The van der Waals surface area contributed by atoms with Crippen molar-refractivity contribution in [3.8, 4) is 17.1 Å². The van der Waals surface area contributed by atoms with Gasteiger partial charge in [0.1, 0.15) is 5.82 Å². The van der Waals surface area contributed by atoms with Crippen LogP contribution in [0.5, 0.6) is 0 Å². The van der Waals surface area contributed by atoms with Crippen LogP contribution < -0.4 is 20.7 Å². The van der Waals surface area contributed by atoms with E-state index in [1.54, 1.807) is 0 Å². The lowest BCUT2D eigenvalue weighted by atomic mass is 9.66. The summed E-state index contributed by atoms with van der Waals surface area (Å²) in [6, 6.07) is 83.6. The van der Waals surface area contributed by atoms with E-state index in [2.05, 4.69) is 260 Å². The Morgan fingerprint density at radius 1 is 0.492 bits per heavy atom. The third-order valence-electron chi connectivity index (χ3n) is 13.9. The zero-order chi connectivity index (χ0) is 43.3. The number of hydrogen-bond donors (Lipinski definition) is 0. The maximum Gasteiger partial charge on any atom is 0.179 e. The third kappa shape index (κ3) is 6.42. The minimum atomic E-state index is -2.84. The Kier molecular flexibility index (Phi) is 9.58. The molecule has 0 fully saturated rings. The van der Waals surface area contributed by atoms with E-state index in [4.69, 9.17) is 4.98 Å². The van der Waals surface area contributed by atoms with Gasteiger partial charge in [-0.15, -0.1) is 0 Å². The standard InChI is InChI=1S/C62H46N2Si/c1-43-19-17-34-58-61(43)63-62(46-21-5-2-6-22-46)64(58)49-38-35-45(36-39-49)59-54-30-13-15-32-56(54)60(57-33-16-14-31-55(57)59)48-24-18-29-52(42-48)65(50-25-7-3-8-26-50,51-27-9-4-10-28-51)53-40-37-44-20-11-12-23-47(44)41-53/h2-42,56,60H,1H3. The molecule has 0 bridgehead atoms. The van der Waals surface area contributed by atoms with Gasteiger partial charge in [-0.25, -0.2) is 4.98 Å². The van der Waals surface area contributed by atoms with Crippen molar-refractivity contribution < 1.29 is 0 Å². The summed E-state index contributed by atoms with van der Waals surface area (Å²) in [5.74, 6) is 1.22. The minimum absolute atomic E-state index is 0.120. The largest absolute Gasteiger partial charge is 0.292 e. The Morgan fingerprint density at radius 3 is 1.91 bits per heavy atom. The summed E-state index contributed by atoms with van der Waals surface area (Å²) >= 11 is 0. The molecule has 2 unspecified atom stereocenters. The molecule has 12 rings (SSSR count). The first kappa shape index (κ1) is 38.8. The number of benzene rings is 9. The second kappa shape index (κ2) is 16.0. The quantitative estimate of drug-likeness (QED) is 0.110. The molecular formula is C62H46N2Si. The van der Waals surface area contributed by atoms with Crippen molar-refractivity contribution in [3.05, 3.63) is 282 Å². The fraction of sp³-hybridized carbons (Fsp3) is 0.0484. The van der Waals surface area contributed by atoms with Crippen LogP contribution in [0.4, 0.5) is 0 Å². The molecule has 2 aliphatic rings. The molecule has 3 heteroatoms.